The van der Waals surface area contributed by atoms with E-state index < -0.39 is 27.9 Å². The Labute approximate surface area is 114 Å². The highest BCUT2D eigenvalue weighted by atomic mass is 35.5. The van der Waals surface area contributed by atoms with Gasteiger partial charge in [0.05, 0.1) is 4.90 Å². The molecule has 1 aliphatic rings. The third-order valence-electron chi connectivity index (χ3n) is 2.93. The van der Waals surface area contributed by atoms with Gasteiger partial charge in [0.15, 0.2) is 0 Å². The summed E-state index contributed by atoms with van der Waals surface area (Å²) in [6.45, 7) is 0.105. The summed E-state index contributed by atoms with van der Waals surface area (Å²) in [5.74, 6) is -1.99. The van der Waals surface area contributed by atoms with E-state index in [0.29, 0.717) is 6.42 Å². The maximum absolute atomic E-state index is 13.2. The van der Waals surface area contributed by atoms with E-state index in [0.717, 1.165) is 22.5 Å². The van der Waals surface area contributed by atoms with Crippen LogP contribution in [0, 0.1) is 5.82 Å². The van der Waals surface area contributed by atoms with Crippen molar-refractivity contribution in [1.29, 1.82) is 0 Å². The average Bonchev–Trinajstić information content (AvgIpc) is 2.76. The lowest BCUT2D eigenvalue weighted by molar-refractivity contribution is -0.140. The second kappa shape index (κ2) is 5.07. The van der Waals surface area contributed by atoms with E-state index in [9.17, 15) is 17.6 Å². The third kappa shape index (κ3) is 2.72. The molecule has 1 N–H and O–H groups in total. The van der Waals surface area contributed by atoms with Gasteiger partial charge in [-0.05, 0) is 31.0 Å². The van der Waals surface area contributed by atoms with E-state index in [-0.39, 0.29) is 22.9 Å². The summed E-state index contributed by atoms with van der Waals surface area (Å²) >= 11 is 5.62. The van der Waals surface area contributed by atoms with Crippen LogP contribution in [0.25, 0.3) is 0 Å². The highest BCUT2D eigenvalue weighted by Crippen LogP contribution is 2.28. The molecule has 0 unspecified atom stereocenters. The summed E-state index contributed by atoms with van der Waals surface area (Å²) in [5.41, 5.74) is 0. The molecule has 0 aliphatic carbocycles. The lowest BCUT2D eigenvalue weighted by Crippen LogP contribution is -2.40. The molecule has 0 saturated carbocycles. The van der Waals surface area contributed by atoms with Crippen molar-refractivity contribution in [2.24, 2.45) is 0 Å². The topological polar surface area (TPSA) is 74.7 Å². The highest BCUT2D eigenvalue weighted by molar-refractivity contribution is 7.89. The monoisotopic (exact) mass is 307 g/mol. The van der Waals surface area contributed by atoms with Crippen molar-refractivity contribution in [3.8, 4) is 0 Å². The molecule has 1 saturated heterocycles. The van der Waals surface area contributed by atoms with Gasteiger partial charge in [-0.3, -0.25) is 4.79 Å². The van der Waals surface area contributed by atoms with Gasteiger partial charge in [-0.15, -0.1) is 0 Å². The molecule has 1 fully saturated rings. The molecule has 19 heavy (non-hydrogen) atoms. The van der Waals surface area contributed by atoms with Crippen LogP contribution >= 0.6 is 11.6 Å². The van der Waals surface area contributed by atoms with Crippen LogP contribution in [-0.2, 0) is 14.8 Å². The SMILES string of the molecule is O=C(O)[C@H]1CCCN1S(=O)(=O)c1cc(F)cc(Cl)c1. The quantitative estimate of drug-likeness (QED) is 0.922. The van der Waals surface area contributed by atoms with Crippen molar-refractivity contribution in [3.05, 3.63) is 29.0 Å². The van der Waals surface area contributed by atoms with Gasteiger partial charge in [0, 0.05) is 11.6 Å². The number of hydrogen-bond donors (Lipinski definition) is 1. The van der Waals surface area contributed by atoms with Gasteiger partial charge in [-0.2, -0.15) is 4.31 Å². The molecule has 0 amide bonds. The minimum absolute atomic E-state index is 0.0513. The first kappa shape index (κ1) is 14.2. The Hall–Kier alpha value is -1.18. The molecule has 1 atom stereocenters. The first-order valence-corrected chi connectivity index (χ1v) is 7.35. The molecule has 0 radical (unpaired) electrons. The van der Waals surface area contributed by atoms with Crippen LogP contribution in [0.2, 0.25) is 5.02 Å². The van der Waals surface area contributed by atoms with Crippen molar-refractivity contribution < 1.29 is 22.7 Å². The fourth-order valence-corrected chi connectivity index (χ4v) is 4.08. The van der Waals surface area contributed by atoms with Gasteiger partial charge in [-0.1, -0.05) is 11.6 Å². The first-order valence-electron chi connectivity index (χ1n) is 5.53. The number of carboxylic acid groups (broad SMARTS) is 1. The molecular weight excluding hydrogens is 297 g/mol. The lowest BCUT2D eigenvalue weighted by atomic mass is 10.2. The van der Waals surface area contributed by atoms with E-state index in [1.54, 1.807) is 0 Å². The van der Waals surface area contributed by atoms with Gasteiger partial charge >= 0.3 is 5.97 Å². The molecule has 104 valence electrons. The largest absolute Gasteiger partial charge is 0.480 e. The van der Waals surface area contributed by atoms with E-state index in [1.165, 1.54) is 0 Å². The number of aliphatic carboxylic acids is 1. The van der Waals surface area contributed by atoms with Crippen LogP contribution in [0.1, 0.15) is 12.8 Å². The minimum atomic E-state index is -4.05. The normalized spacial score (nSPS) is 20.6. The Morgan fingerprint density at radius 3 is 2.68 bits per heavy atom. The summed E-state index contributed by atoms with van der Waals surface area (Å²) in [5, 5.41) is 8.95. The van der Waals surface area contributed by atoms with Crippen LogP contribution in [0.4, 0.5) is 4.39 Å². The van der Waals surface area contributed by atoms with Crippen LogP contribution in [-0.4, -0.2) is 36.4 Å². The lowest BCUT2D eigenvalue weighted by Gasteiger charge is -2.21. The van der Waals surface area contributed by atoms with Gasteiger partial charge in [0.25, 0.3) is 0 Å². The van der Waals surface area contributed by atoms with Crippen molar-refractivity contribution >= 4 is 27.6 Å². The number of halogens is 2. The molecular formula is C11H11ClFNO4S. The van der Waals surface area contributed by atoms with Gasteiger partial charge < -0.3 is 5.11 Å². The van der Waals surface area contributed by atoms with Crippen LogP contribution < -0.4 is 0 Å². The molecule has 1 aromatic rings. The summed E-state index contributed by atoms with van der Waals surface area (Å²) in [6, 6.07) is 1.82. The highest BCUT2D eigenvalue weighted by Gasteiger charge is 2.39. The zero-order valence-corrected chi connectivity index (χ0v) is 11.3. The van der Waals surface area contributed by atoms with Crippen molar-refractivity contribution in [1.82, 2.24) is 4.31 Å². The number of sulfonamides is 1. The Bertz CT molecular complexity index is 599. The summed E-state index contributed by atoms with van der Waals surface area (Å²) in [6.07, 6.45) is 0.705. The number of rotatable bonds is 3. The zero-order chi connectivity index (χ0) is 14.2. The van der Waals surface area contributed by atoms with Gasteiger partial charge in [0.1, 0.15) is 11.9 Å². The number of carbonyl (C=O) groups is 1. The molecule has 2 rings (SSSR count). The predicted octanol–water partition coefficient (Wildman–Crippen LogP) is 1.72. The van der Waals surface area contributed by atoms with Crippen LogP contribution in [0.5, 0.6) is 0 Å². The van der Waals surface area contributed by atoms with Crippen LogP contribution in [0.3, 0.4) is 0 Å². The van der Waals surface area contributed by atoms with E-state index in [4.69, 9.17) is 16.7 Å². The van der Waals surface area contributed by atoms with Crippen molar-refractivity contribution in [2.45, 2.75) is 23.8 Å². The van der Waals surface area contributed by atoms with Crippen molar-refractivity contribution in [3.63, 3.8) is 0 Å². The Kier molecular flexibility index (Phi) is 3.80. The average molecular weight is 308 g/mol. The molecule has 0 aromatic heterocycles. The number of nitrogens with zero attached hydrogens (tertiary/aromatic N) is 1. The van der Waals surface area contributed by atoms with Gasteiger partial charge in [0.2, 0.25) is 10.0 Å². The second-order valence-electron chi connectivity index (χ2n) is 4.22. The fourth-order valence-electron chi connectivity index (χ4n) is 2.09. The number of hydrogen-bond acceptors (Lipinski definition) is 3. The standard InChI is InChI=1S/C11H11ClFNO4S/c12-7-4-8(13)6-9(5-7)19(17,18)14-3-1-2-10(14)11(15)16/h4-6,10H,1-3H2,(H,15,16)/t10-/m1/s1. The molecule has 1 heterocycles. The molecule has 5 nitrogen and oxygen atoms in total. The minimum Gasteiger partial charge on any atom is -0.480 e. The maximum atomic E-state index is 13.2. The predicted molar refractivity (Wildman–Crippen MR) is 66.0 cm³/mol. The van der Waals surface area contributed by atoms with E-state index in [2.05, 4.69) is 0 Å². The van der Waals surface area contributed by atoms with E-state index in [1.807, 2.05) is 0 Å². The first-order chi connectivity index (χ1) is 8.82. The van der Waals surface area contributed by atoms with E-state index >= 15 is 0 Å². The Morgan fingerprint density at radius 2 is 2.11 bits per heavy atom. The zero-order valence-electron chi connectivity index (χ0n) is 9.71. The van der Waals surface area contributed by atoms with Crippen LogP contribution in [0.15, 0.2) is 23.1 Å². The second-order valence-corrected chi connectivity index (χ2v) is 6.54. The van der Waals surface area contributed by atoms with Gasteiger partial charge in [-0.25, -0.2) is 12.8 Å². The smallest absolute Gasteiger partial charge is 0.322 e. The number of carboxylic acids is 1. The molecule has 0 bridgehead atoms. The Morgan fingerprint density at radius 1 is 1.42 bits per heavy atom. The third-order valence-corrected chi connectivity index (χ3v) is 5.04. The summed E-state index contributed by atoms with van der Waals surface area (Å²) in [4.78, 5) is 10.7. The number of benzene rings is 1. The van der Waals surface area contributed by atoms with Crippen molar-refractivity contribution in [2.75, 3.05) is 6.54 Å². The Balaban J connectivity index is 2.44. The fraction of sp³-hybridized carbons (Fsp3) is 0.364. The molecule has 1 aromatic carbocycles. The molecule has 1 aliphatic heterocycles. The summed E-state index contributed by atoms with van der Waals surface area (Å²) in [7, 11) is -4.05. The molecule has 0 spiro atoms. The summed E-state index contributed by atoms with van der Waals surface area (Å²) < 4.78 is 38.7. The molecule has 8 heteroatoms. The maximum Gasteiger partial charge on any atom is 0.322 e.